The highest BCUT2D eigenvalue weighted by molar-refractivity contribution is 7.16. The monoisotopic (exact) mass is 459 g/mol. The number of nitrogens with one attached hydrogen (secondary N) is 2. The van der Waals surface area contributed by atoms with Crippen LogP contribution in [0.15, 0.2) is 60.8 Å². The predicted octanol–water partition coefficient (Wildman–Crippen LogP) is 4.89. The number of para-hydroxylation sites is 1. The van der Waals surface area contributed by atoms with Crippen LogP contribution in [-0.2, 0) is 6.42 Å². The molecule has 4 rings (SSSR count). The number of benzene rings is 2. The highest BCUT2D eigenvalue weighted by atomic mass is 32.1. The van der Waals surface area contributed by atoms with E-state index in [1.165, 1.54) is 11.3 Å². The fraction of sp³-hybridized carbons (Fsp3) is 0.231. The number of aliphatic hydroxyl groups is 1. The number of nitriles is 1. The van der Waals surface area contributed by atoms with Gasteiger partial charge in [-0.25, -0.2) is 0 Å². The molecule has 0 saturated heterocycles. The lowest BCUT2D eigenvalue weighted by atomic mass is 10.0. The molecule has 1 amide bonds. The fourth-order valence-electron chi connectivity index (χ4n) is 3.74. The summed E-state index contributed by atoms with van der Waals surface area (Å²) in [5.74, 6) is 0.192. The quantitative estimate of drug-likeness (QED) is 0.332. The van der Waals surface area contributed by atoms with Gasteiger partial charge in [0.25, 0.3) is 5.91 Å². The molecular weight excluding hydrogens is 434 g/mol. The molecule has 0 aliphatic heterocycles. The molecule has 2 aromatic carbocycles. The van der Waals surface area contributed by atoms with Crippen LogP contribution in [-0.4, -0.2) is 35.3 Å². The summed E-state index contributed by atoms with van der Waals surface area (Å²) in [5, 5.41) is 23.2. The Labute approximate surface area is 196 Å². The van der Waals surface area contributed by atoms with Crippen molar-refractivity contribution in [2.45, 2.75) is 25.8 Å². The van der Waals surface area contributed by atoms with Crippen LogP contribution in [0.1, 0.15) is 34.1 Å². The largest absolute Gasteiger partial charge is 0.493 e. The number of aliphatic hydroxyl groups excluding tert-OH is 1. The lowest BCUT2D eigenvalue weighted by Crippen LogP contribution is -2.39. The van der Waals surface area contributed by atoms with E-state index in [2.05, 4.69) is 16.4 Å². The van der Waals surface area contributed by atoms with Crippen molar-refractivity contribution in [1.82, 2.24) is 10.3 Å². The zero-order chi connectivity index (χ0) is 23.2. The number of thiophene rings is 1. The molecule has 4 aromatic rings. The van der Waals surface area contributed by atoms with Crippen molar-refractivity contribution in [2.24, 2.45) is 0 Å². The molecule has 33 heavy (non-hydrogen) atoms. The Bertz CT molecular complexity index is 1300. The molecule has 2 heterocycles. The summed E-state index contributed by atoms with van der Waals surface area (Å²) in [6, 6.07) is 18.8. The number of hydrogen-bond donors (Lipinski definition) is 3. The van der Waals surface area contributed by atoms with Crippen molar-refractivity contribution >= 4 is 28.1 Å². The molecule has 6 nitrogen and oxygen atoms in total. The normalized spacial score (nSPS) is 11.8. The van der Waals surface area contributed by atoms with Gasteiger partial charge in [-0.2, -0.15) is 5.26 Å². The average Bonchev–Trinajstić information content (AvgIpc) is 3.49. The van der Waals surface area contributed by atoms with Gasteiger partial charge in [0.2, 0.25) is 0 Å². The second-order valence-electron chi connectivity index (χ2n) is 7.75. The Kier molecular flexibility index (Phi) is 7.08. The molecule has 0 aliphatic rings. The van der Waals surface area contributed by atoms with Crippen molar-refractivity contribution in [3.8, 4) is 22.3 Å². The zero-order valence-corrected chi connectivity index (χ0v) is 19.1. The lowest BCUT2D eigenvalue weighted by molar-refractivity contribution is 0.0912. The van der Waals surface area contributed by atoms with Crippen LogP contribution in [0, 0.1) is 11.3 Å². The van der Waals surface area contributed by atoms with Gasteiger partial charge in [0, 0.05) is 22.0 Å². The number of nitrogens with zero attached hydrogens (tertiary/aromatic N) is 1. The van der Waals surface area contributed by atoms with Crippen molar-refractivity contribution in [3.05, 3.63) is 76.8 Å². The third-order valence-electron chi connectivity index (χ3n) is 5.38. The minimum Gasteiger partial charge on any atom is -0.493 e. The first-order chi connectivity index (χ1) is 16.1. The molecule has 168 valence electrons. The molecule has 2 aromatic heterocycles. The number of carbonyl (C=O) groups excluding carboxylic acids is 1. The Morgan fingerprint density at radius 1 is 1.24 bits per heavy atom. The minimum atomic E-state index is -0.452. The van der Waals surface area contributed by atoms with E-state index in [9.17, 15) is 9.90 Å². The minimum absolute atomic E-state index is 0.188. The Morgan fingerprint density at radius 3 is 2.85 bits per heavy atom. The fourth-order valence-corrected chi connectivity index (χ4v) is 4.54. The topological polar surface area (TPSA) is 98.1 Å². The molecule has 1 atom stereocenters. The molecule has 3 N–H and O–H groups in total. The summed E-state index contributed by atoms with van der Waals surface area (Å²) in [5.41, 5.74) is 3.30. The third kappa shape index (κ3) is 5.08. The van der Waals surface area contributed by atoms with Crippen LogP contribution in [0.3, 0.4) is 0 Å². The summed E-state index contributed by atoms with van der Waals surface area (Å²) in [7, 11) is 0. The molecule has 0 unspecified atom stereocenters. The average molecular weight is 460 g/mol. The maximum Gasteiger partial charge on any atom is 0.255 e. The SMILES string of the molecule is CCCOc1ccc(-c2ccc(C#N)s2)cc1C(=O)N[C@H](CO)Cc1c[nH]c2ccccc12. The van der Waals surface area contributed by atoms with Gasteiger partial charge < -0.3 is 20.1 Å². The van der Waals surface area contributed by atoms with Gasteiger partial charge in [-0.3, -0.25) is 4.79 Å². The number of aromatic nitrogens is 1. The molecule has 7 heteroatoms. The van der Waals surface area contributed by atoms with Crippen LogP contribution in [0.4, 0.5) is 0 Å². The third-order valence-corrected chi connectivity index (χ3v) is 6.42. The second-order valence-corrected chi connectivity index (χ2v) is 8.84. The number of aromatic amines is 1. The maximum atomic E-state index is 13.3. The molecule has 0 fully saturated rings. The van der Waals surface area contributed by atoms with Crippen molar-refractivity contribution in [1.29, 1.82) is 5.26 Å². The molecule has 0 bridgehead atoms. The van der Waals surface area contributed by atoms with E-state index in [0.29, 0.717) is 29.2 Å². The van der Waals surface area contributed by atoms with Crippen molar-refractivity contribution < 1.29 is 14.6 Å². The number of H-pyrrole nitrogens is 1. The summed E-state index contributed by atoms with van der Waals surface area (Å²) in [6.07, 6.45) is 3.23. The van der Waals surface area contributed by atoms with Gasteiger partial charge in [-0.1, -0.05) is 25.1 Å². The summed E-state index contributed by atoms with van der Waals surface area (Å²) in [6.45, 7) is 2.31. The zero-order valence-electron chi connectivity index (χ0n) is 18.3. The van der Waals surface area contributed by atoms with Gasteiger partial charge in [-0.05, 0) is 60.4 Å². The van der Waals surface area contributed by atoms with E-state index < -0.39 is 6.04 Å². The lowest BCUT2D eigenvalue weighted by Gasteiger charge is -2.18. The van der Waals surface area contributed by atoms with E-state index in [-0.39, 0.29) is 12.5 Å². The smallest absolute Gasteiger partial charge is 0.255 e. The number of carbonyl (C=O) groups is 1. The maximum absolute atomic E-state index is 13.3. The Balaban J connectivity index is 1.59. The van der Waals surface area contributed by atoms with Gasteiger partial charge >= 0.3 is 0 Å². The summed E-state index contributed by atoms with van der Waals surface area (Å²) < 4.78 is 5.83. The standard InChI is InChI=1S/C26H25N3O3S/c1-2-11-32-24-9-7-17(25-10-8-20(14-27)33-25)13-22(24)26(31)29-19(16-30)12-18-15-28-23-6-4-3-5-21(18)23/h3-10,13,15,19,28,30H,2,11-12,16H2,1H3,(H,29,31)/t19-/m0/s1. The number of rotatable bonds is 9. The van der Waals surface area contributed by atoms with Gasteiger partial charge in [-0.15, -0.1) is 11.3 Å². The second kappa shape index (κ2) is 10.3. The van der Waals surface area contributed by atoms with Gasteiger partial charge in [0.15, 0.2) is 0 Å². The first-order valence-corrected chi connectivity index (χ1v) is 11.7. The van der Waals surface area contributed by atoms with Gasteiger partial charge in [0.05, 0.1) is 24.8 Å². The number of amides is 1. The Hall–Kier alpha value is -3.60. The highest BCUT2D eigenvalue weighted by Crippen LogP contribution is 2.32. The molecular formula is C26H25N3O3S. The highest BCUT2D eigenvalue weighted by Gasteiger charge is 2.20. The van der Waals surface area contributed by atoms with Crippen molar-refractivity contribution in [2.75, 3.05) is 13.2 Å². The molecule has 0 spiro atoms. The molecule has 0 radical (unpaired) electrons. The van der Waals surface area contributed by atoms with E-state index >= 15 is 0 Å². The van der Waals surface area contributed by atoms with E-state index in [0.717, 1.165) is 33.3 Å². The molecule has 0 saturated carbocycles. The first kappa shape index (κ1) is 22.6. The van der Waals surface area contributed by atoms with Crippen molar-refractivity contribution in [3.63, 3.8) is 0 Å². The van der Waals surface area contributed by atoms with E-state index in [4.69, 9.17) is 10.00 Å². The molecule has 0 aliphatic carbocycles. The van der Waals surface area contributed by atoms with Gasteiger partial charge in [0.1, 0.15) is 16.7 Å². The van der Waals surface area contributed by atoms with Crippen LogP contribution < -0.4 is 10.1 Å². The summed E-state index contributed by atoms with van der Waals surface area (Å²) in [4.78, 5) is 18.0. The van der Waals surface area contributed by atoms with Crippen LogP contribution >= 0.6 is 11.3 Å². The first-order valence-electron chi connectivity index (χ1n) is 10.9. The number of fused-ring (bicyclic) bond motifs is 1. The number of ether oxygens (including phenoxy) is 1. The van der Waals surface area contributed by atoms with E-state index in [1.807, 2.05) is 49.5 Å². The summed E-state index contributed by atoms with van der Waals surface area (Å²) >= 11 is 1.38. The van der Waals surface area contributed by atoms with Crippen LogP contribution in [0.2, 0.25) is 0 Å². The van der Waals surface area contributed by atoms with Crippen LogP contribution in [0.25, 0.3) is 21.3 Å². The Morgan fingerprint density at radius 2 is 2.09 bits per heavy atom. The predicted molar refractivity (Wildman–Crippen MR) is 131 cm³/mol. The van der Waals surface area contributed by atoms with E-state index in [1.54, 1.807) is 18.2 Å². The van der Waals surface area contributed by atoms with Crippen LogP contribution in [0.5, 0.6) is 5.75 Å². The number of hydrogen-bond acceptors (Lipinski definition) is 5.